The highest BCUT2D eigenvalue weighted by Crippen LogP contribution is 2.42. The lowest BCUT2D eigenvalue weighted by atomic mass is 9.97. The molecule has 0 radical (unpaired) electrons. The number of thioether (sulfide) groups is 1. The summed E-state index contributed by atoms with van der Waals surface area (Å²) in [5.41, 5.74) is 3.36. The number of carbonyl (C=O) groups is 3. The fourth-order valence-corrected chi connectivity index (χ4v) is 5.30. The molecule has 0 aliphatic carbocycles. The summed E-state index contributed by atoms with van der Waals surface area (Å²) in [5.74, 6) is -0.746. The number of fused-ring (bicyclic) bond motifs is 1. The molecule has 2 heterocycles. The van der Waals surface area contributed by atoms with Crippen LogP contribution in [0.15, 0.2) is 52.3 Å². The first-order chi connectivity index (χ1) is 15.9. The number of benzene rings is 2. The first-order valence-corrected chi connectivity index (χ1v) is 12.0. The van der Waals surface area contributed by atoms with E-state index in [2.05, 4.69) is 0 Å². The Balaban J connectivity index is 1.55. The molecule has 0 bridgehead atoms. The first-order valence-electron chi connectivity index (χ1n) is 11.2. The van der Waals surface area contributed by atoms with Gasteiger partial charge in [-0.3, -0.25) is 14.4 Å². The van der Waals surface area contributed by atoms with Gasteiger partial charge < -0.3 is 14.5 Å². The maximum Gasteiger partial charge on any atom is 0.310 e. The second-order valence-corrected chi connectivity index (χ2v) is 9.44. The second kappa shape index (κ2) is 9.83. The lowest BCUT2D eigenvalue weighted by Gasteiger charge is -2.32. The van der Waals surface area contributed by atoms with Gasteiger partial charge >= 0.3 is 5.97 Å². The van der Waals surface area contributed by atoms with Crippen LogP contribution in [0.5, 0.6) is 0 Å². The van der Waals surface area contributed by atoms with Crippen LogP contribution >= 0.6 is 11.8 Å². The van der Waals surface area contributed by atoms with Crippen LogP contribution in [-0.4, -0.2) is 49.4 Å². The number of carbonyl (C=O) groups excluding carboxylic acids is 3. The van der Waals surface area contributed by atoms with E-state index in [1.165, 1.54) is 11.8 Å². The van der Waals surface area contributed by atoms with Crippen LogP contribution in [0.1, 0.15) is 41.3 Å². The number of esters is 1. The van der Waals surface area contributed by atoms with Gasteiger partial charge in [0.2, 0.25) is 0 Å². The lowest BCUT2D eigenvalue weighted by molar-refractivity contribution is -0.149. The van der Waals surface area contributed by atoms with Crippen molar-refractivity contribution in [1.82, 2.24) is 4.90 Å². The van der Waals surface area contributed by atoms with Gasteiger partial charge in [-0.2, -0.15) is 0 Å². The molecular formula is C26H28N2O4S. The molecule has 7 heteroatoms. The van der Waals surface area contributed by atoms with Crippen LogP contribution in [0, 0.1) is 12.8 Å². The summed E-state index contributed by atoms with van der Waals surface area (Å²) in [7, 11) is 1.73. The lowest BCUT2D eigenvalue weighted by Crippen LogP contribution is -2.43. The molecule has 2 aromatic rings. The zero-order valence-corrected chi connectivity index (χ0v) is 20.0. The number of nitrogens with zero attached hydrogens (tertiary/aromatic N) is 2. The number of piperidine rings is 1. The quantitative estimate of drug-likeness (QED) is 0.492. The number of amides is 2. The van der Waals surface area contributed by atoms with E-state index in [9.17, 15) is 14.4 Å². The Morgan fingerprint density at radius 2 is 2.00 bits per heavy atom. The van der Waals surface area contributed by atoms with Crippen molar-refractivity contribution in [1.29, 1.82) is 0 Å². The Bertz CT molecular complexity index is 1130. The molecule has 1 fully saturated rings. The standard InChI is InChI=1S/C26H28N2O4S/c1-4-32-26(31)20-10-7-13-28(16-20)24(29)19-11-12-22-21(14-19)27(3)25(30)23(33-22)15-18-9-6-5-8-17(18)2/h5-6,8-9,11-12,14-15,20H,4,7,10,13,16H2,1-3H3. The fraction of sp³-hybridized carbons (Fsp3) is 0.346. The van der Waals surface area contributed by atoms with Crippen LogP contribution in [0.2, 0.25) is 0 Å². The third-order valence-corrected chi connectivity index (χ3v) is 7.18. The fourth-order valence-electron chi connectivity index (χ4n) is 4.21. The molecule has 172 valence electrons. The Morgan fingerprint density at radius 1 is 1.21 bits per heavy atom. The van der Waals surface area contributed by atoms with E-state index in [-0.39, 0.29) is 23.7 Å². The minimum atomic E-state index is -0.283. The number of hydrogen-bond acceptors (Lipinski definition) is 5. The smallest absolute Gasteiger partial charge is 0.310 e. The van der Waals surface area contributed by atoms with Crippen LogP contribution in [0.3, 0.4) is 0 Å². The topological polar surface area (TPSA) is 66.9 Å². The maximum absolute atomic E-state index is 13.2. The zero-order chi connectivity index (χ0) is 23.5. The van der Waals surface area contributed by atoms with Gasteiger partial charge in [0, 0.05) is 30.6 Å². The van der Waals surface area contributed by atoms with Crippen LogP contribution in [0.4, 0.5) is 5.69 Å². The summed E-state index contributed by atoms with van der Waals surface area (Å²) in [4.78, 5) is 43.3. The first kappa shape index (κ1) is 23.1. The molecule has 1 atom stereocenters. The van der Waals surface area contributed by atoms with E-state index in [0.29, 0.717) is 30.2 Å². The number of aryl methyl sites for hydroxylation is 1. The van der Waals surface area contributed by atoms with E-state index >= 15 is 0 Å². The molecule has 0 spiro atoms. The highest BCUT2D eigenvalue weighted by atomic mass is 32.2. The number of anilines is 1. The minimum Gasteiger partial charge on any atom is -0.466 e. The number of ether oxygens (including phenoxy) is 1. The molecule has 2 amide bonds. The third-order valence-electron chi connectivity index (χ3n) is 6.11. The van der Waals surface area contributed by atoms with E-state index in [1.54, 1.807) is 35.9 Å². The average Bonchev–Trinajstić information content (AvgIpc) is 2.83. The highest BCUT2D eigenvalue weighted by molar-refractivity contribution is 8.04. The van der Waals surface area contributed by atoms with Crippen molar-refractivity contribution >= 4 is 41.3 Å². The molecule has 0 aromatic heterocycles. The van der Waals surface area contributed by atoms with Crippen molar-refractivity contribution in [3.05, 3.63) is 64.1 Å². The van der Waals surface area contributed by atoms with Crippen molar-refractivity contribution in [3.63, 3.8) is 0 Å². The molecule has 4 rings (SSSR count). The summed E-state index contributed by atoms with van der Waals surface area (Å²) >= 11 is 1.42. The monoisotopic (exact) mass is 464 g/mol. The summed E-state index contributed by atoms with van der Waals surface area (Å²) in [5, 5.41) is 0. The summed E-state index contributed by atoms with van der Waals surface area (Å²) in [6.45, 7) is 5.12. The van der Waals surface area contributed by atoms with Gasteiger partial charge in [0.25, 0.3) is 11.8 Å². The largest absolute Gasteiger partial charge is 0.466 e. The van der Waals surface area contributed by atoms with Gasteiger partial charge in [-0.15, -0.1) is 0 Å². The van der Waals surface area contributed by atoms with E-state index in [0.717, 1.165) is 34.6 Å². The van der Waals surface area contributed by atoms with Gasteiger partial charge in [-0.1, -0.05) is 36.0 Å². The maximum atomic E-state index is 13.2. The van der Waals surface area contributed by atoms with Crippen molar-refractivity contribution in [2.75, 3.05) is 31.6 Å². The molecular weight excluding hydrogens is 436 g/mol. The number of rotatable bonds is 4. The Morgan fingerprint density at radius 3 is 2.76 bits per heavy atom. The molecule has 1 saturated heterocycles. The average molecular weight is 465 g/mol. The SMILES string of the molecule is CCOC(=O)C1CCCN(C(=O)c2ccc3c(c2)N(C)C(=O)C(=Cc2ccccc2C)S3)C1. The van der Waals surface area contributed by atoms with E-state index in [4.69, 9.17) is 4.74 Å². The predicted molar refractivity (Wildman–Crippen MR) is 130 cm³/mol. The summed E-state index contributed by atoms with van der Waals surface area (Å²) < 4.78 is 5.15. The summed E-state index contributed by atoms with van der Waals surface area (Å²) in [6, 6.07) is 13.4. The third kappa shape index (κ3) is 4.83. The van der Waals surface area contributed by atoms with Crippen molar-refractivity contribution in [3.8, 4) is 0 Å². The predicted octanol–water partition coefficient (Wildman–Crippen LogP) is 4.52. The molecule has 2 aliphatic rings. The van der Waals surface area contributed by atoms with Crippen LogP contribution in [-0.2, 0) is 14.3 Å². The Kier molecular flexibility index (Phi) is 6.88. The second-order valence-electron chi connectivity index (χ2n) is 8.36. The molecule has 33 heavy (non-hydrogen) atoms. The highest BCUT2D eigenvalue weighted by Gasteiger charge is 2.31. The molecule has 6 nitrogen and oxygen atoms in total. The van der Waals surface area contributed by atoms with E-state index in [1.807, 2.05) is 43.3 Å². The van der Waals surface area contributed by atoms with Gasteiger partial charge in [0.15, 0.2) is 0 Å². The molecule has 2 aromatic carbocycles. The Labute approximate surface area is 198 Å². The molecule has 2 aliphatic heterocycles. The van der Waals surface area contributed by atoms with Gasteiger partial charge in [0.1, 0.15) is 0 Å². The zero-order valence-electron chi connectivity index (χ0n) is 19.2. The van der Waals surface area contributed by atoms with E-state index < -0.39 is 0 Å². The molecule has 1 unspecified atom stereocenters. The van der Waals surface area contributed by atoms with Crippen molar-refractivity contribution < 1.29 is 19.1 Å². The minimum absolute atomic E-state index is 0.0966. The molecule has 0 saturated carbocycles. The Hall–Kier alpha value is -3.06. The van der Waals surface area contributed by atoms with Gasteiger partial charge in [-0.25, -0.2) is 0 Å². The van der Waals surface area contributed by atoms with Crippen LogP contribution < -0.4 is 4.90 Å². The normalized spacial score (nSPS) is 19.4. The molecule has 0 N–H and O–H groups in total. The summed E-state index contributed by atoms with van der Waals surface area (Å²) in [6.07, 6.45) is 3.42. The van der Waals surface area contributed by atoms with Crippen molar-refractivity contribution in [2.45, 2.75) is 31.6 Å². The van der Waals surface area contributed by atoms with Gasteiger partial charge in [-0.05, 0) is 62.1 Å². The number of likely N-dealkylation sites (N-methyl/N-ethyl adjacent to an activating group) is 1. The van der Waals surface area contributed by atoms with Crippen LogP contribution in [0.25, 0.3) is 6.08 Å². The van der Waals surface area contributed by atoms with Crippen molar-refractivity contribution in [2.24, 2.45) is 5.92 Å². The van der Waals surface area contributed by atoms with Gasteiger partial charge in [0.05, 0.1) is 23.1 Å². The number of hydrogen-bond donors (Lipinski definition) is 0. The number of likely N-dealkylation sites (tertiary alicyclic amines) is 1.